The van der Waals surface area contributed by atoms with Gasteiger partial charge in [0.05, 0.1) is 23.9 Å². The van der Waals surface area contributed by atoms with E-state index in [1.165, 1.54) is 11.3 Å². The number of hydrogen-bond acceptors (Lipinski definition) is 5. The van der Waals surface area contributed by atoms with Crippen molar-refractivity contribution in [1.82, 2.24) is 10.2 Å². The smallest absolute Gasteiger partial charge is 0.319 e. The number of Topliss-reactive ketones (excluding diaryl/α,β-unsaturated/α-hetero) is 2. The monoisotopic (exact) mass is 459 g/mol. The molecule has 0 unspecified atom stereocenters. The summed E-state index contributed by atoms with van der Waals surface area (Å²) in [6, 6.07) is 6.30. The molecular weight excluding hydrogens is 438 g/mol. The van der Waals surface area contributed by atoms with Gasteiger partial charge in [-0.15, -0.1) is 11.3 Å². The first-order valence-electron chi connectivity index (χ1n) is 10.1. The third kappa shape index (κ3) is 4.65. The molecule has 1 atom stereocenters. The molecule has 3 amide bonds. The van der Waals surface area contributed by atoms with Gasteiger partial charge in [-0.25, -0.2) is 4.79 Å². The van der Waals surface area contributed by atoms with E-state index in [9.17, 15) is 19.2 Å². The van der Waals surface area contributed by atoms with E-state index >= 15 is 0 Å². The molecule has 7 nitrogen and oxygen atoms in total. The van der Waals surface area contributed by atoms with Crippen LogP contribution in [0.4, 0.5) is 10.5 Å². The number of nitrogens with zero attached hydrogens (tertiary/aromatic N) is 1. The Hall–Kier alpha value is -2.71. The minimum absolute atomic E-state index is 0.0477. The van der Waals surface area contributed by atoms with Gasteiger partial charge in [0.2, 0.25) is 0 Å². The Morgan fingerprint density at radius 3 is 2.81 bits per heavy atom. The molecule has 1 aliphatic heterocycles. The molecule has 1 aliphatic carbocycles. The maximum absolute atomic E-state index is 12.9. The summed E-state index contributed by atoms with van der Waals surface area (Å²) >= 11 is 7.40. The Balaban J connectivity index is 1.35. The number of amides is 3. The number of carbonyl (C=O) groups excluding carboxylic acids is 4. The van der Waals surface area contributed by atoms with Crippen LogP contribution in [0, 0.1) is 6.92 Å². The number of benzene rings is 1. The molecule has 31 heavy (non-hydrogen) atoms. The maximum Gasteiger partial charge on any atom is 0.319 e. The molecule has 9 heteroatoms. The third-order valence-electron chi connectivity index (χ3n) is 5.56. The SMILES string of the molecule is Cc1ccc(NC(=O)NCc2cc3c(s2)C(=O)N([C@H]2CCCC(=O)CC2=O)C3)cc1Cl. The van der Waals surface area contributed by atoms with Gasteiger partial charge in [0.25, 0.3) is 5.91 Å². The van der Waals surface area contributed by atoms with Gasteiger partial charge < -0.3 is 15.5 Å². The van der Waals surface area contributed by atoms with Gasteiger partial charge >= 0.3 is 6.03 Å². The van der Waals surface area contributed by atoms with Crippen LogP contribution in [0.15, 0.2) is 24.3 Å². The summed E-state index contributed by atoms with van der Waals surface area (Å²) in [6.45, 7) is 2.53. The van der Waals surface area contributed by atoms with Crippen LogP contribution in [0.1, 0.15) is 51.4 Å². The fraction of sp³-hybridized carbons (Fsp3) is 0.364. The molecule has 162 valence electrons. The molecule has 2 aliphatic rings. The van der Waals surface area contributed by atoms with Crippen molar-refractivity contribution in [2.75, 3.05) is 5.32 Å². The molecule has 1 aromatic heterocycles. The van der Waals surface area contributed by atoms with Crippen molar-refractivity contribution in [2.45, 2.75) is 51.7 Å². The van der Waals surface area contributed by atoms with Crippen molar-refractivity contribution in [3.8, 4) is 0 Å². The molecule has 2 heterocycles. The second-order valence-corrected chi connectivity index (χ2v) is 9.41. The van der Waals surface area contributed by atoms with E-state index < -0.39 is 6.04 Å². The summed E-state index contributed by atoms with van der Waals surface area (Å²) < 4.78 is 0. The fourth-order valence-corrected chi connectivity index (χ4v) is 5.15. The van der Waals surface area contributed by atoms with Crippen molar-refractivity contribution >= 4 is 52.1 Å². The minimum Gasteiger partial charge on any atom is -0.333 e. The lowest BCUT2D eigenvalue weighted by Crippen LogP contribution is -2.41. The number of carbonyl (C=O) groups is 4. The van der Waals surface area contributed by atoms with Crippen LogP contribution in [0.25, 0.3) is 0 Å². The van der Waals surface area contributed by atoms with Crippen LogP contribution >= 0.6 is 22.9 Å². The third-order valence-corrected chi connectivity index (χ3v) is 7.13. The molecular formula is C22H22ClN3O4S. The van der Waals surface area contributed by atoms with E-state index in [0.717, 1.165) is 16.0 Å². The van der Waals surface area contributed by atoms with Crippen LogP contribution in [0.5, 0.6) is 0 Å². The number of rotatable bonds is 4. The number of fused-ring (bicyclic) bond motifs is 1. The Bertz CT molecular complexity index is 1080. The number of aryl methyl sites for hydroxylation is 1. The highest BCUT2D eigenvalue weighted by Crippen LogP contribution is 2.34. The van der Waals surface area contributed by atoms with Crippen molar-refractivity contribution in [1.29, 1.82) is 0 Å². The highest BCUT2D eigenvalue weighted by molar-refractivity contribution is 7.14. The molecule has 0 bridgehead atoms. The number of anilines is 1. The summed E-state index contributed by atoms with van der Waals surface area (Å²) in [7, 11) is 0. The normalized spacial score (nSPS) is 18.7. The van der Waals surface area contributed by atoms with Crippen molar-refractivity contribution in [3.05, 3.63) is 50.2 Å². The van der Waals surface area contributed by atoms with Crippen LogP contribution in [0.2, 0.25) is 5.02 Å². The van der Waals surface area contributed by atoms with Crippen molar-refractivity contribution in [3.63, 3.8) is 0 Å². The summed E-state index contributed by atoms with van der Waals surface area (Å²) in [5.74, 6) is -0.382. The molecule has 0 radical (unpaired) electrons. The zero-order chi connectivity index (χ0) is 22.1. The van der Waals surface area contributed by atoms with Gasteiger partial charge in [-0.2, -0.15) is 0 Å². The summed E-state index contributed by atoms with van der Waals surface area (Å²) in [4.78, 5) is 52.1. The van der Waals surface area contributed by atoms with Gasteiger partial charge in [0.1, 0.15) is 5.78 Å². The molecule has 2 N–H and O–H groups in total. The zero-order valence-corrected chi connectivity index (χ0v) is 18.6. The second kappa shape index (κ2) is 8.80. The average Bonchev–Trinajstić information content (AvgIpc) is 3.19. The predicted octanol–water partition coefficient (Wildman–Crippen LogP) is 4.07. The van der Waals surface area contributed by atoms with Crippen LogP contribution < -0.4 is 10.6 Å². The van der Waals surface area contributed by atoms with E-state index in [-0.39, 0.29) is 36.5 Å². The Morgan fingerprint density at radius 2 is 2.06 bits per heavy atom. The van der Waals surface area contributed by atoms with Gasteiger partial charge in [0, 0.05) is 28.6 Å². The number of thiophene rings is 1. The molecule has 0 saturated heterocycles. The number of ketones is 2. The standard InChI is InChI=1S/C22H22ClN3O4S/c1-12-5-6-14(8-17(12)23)25-22(30)24-10-16-7-13-11-26(21(29)20(13)31-16)18-4-2-3-15(27)9-19(18)28/h5-8,18H,2-4,9-11H2,1H3,(H2,24,25,30)/t18-/m0/s1. The topological polar surface area (TPSA) is 95.6 Å². The zero-order valence-electron chi connectivity index (χ0n) is 17.0. The predicted molar refractivity (Wildman–Crippen MR) is 119 cm³/mol. The van der Waals surface area contributed by atoms with Gasteiger partial charge in [-0.05, 0) is 49.1 Å². The minimum atomic E-state index is -0.521. The Kier molecular flexibility index (Phi) is 6.11. The van der Waals surface area contributed by atoms with Crippen molar-refractivity contribution < 1.29 is 19.2 Å². The first kappa shape index (κ1) is 21.5. The highest BCUT2D eigenvalue weighted by Gasteiger charge is 2.38. The molecule has 4 rings (SSSR count). The second-order valence-electron chi connectivity index (χ2n) is 7.86. The molecule has 1 aromatic carbocycles. The Labute approximate surface area is 188 Å². The van der Waals surface area contributed by atoms with Crippen LogP contribution in [-0.4, -0.2) is 34.4 Å². The number of hydrogen-bond donors (Lipinski definition) is 2. The van der Waals surface area contributed by atoms with Gasteiger partial charge in [0.15, 0.2) is 5.78 Å². The lowest BCUT2D eigenvalue weighted by Gasteiger charge is -2.25. The lowest BCUT2D eigenvalue weighted by atomic mass is 10.1. The van der Waals surface area contributed by atoms with Crippen LogP contribution in [0.3, 0.4) is 0 Å². The van der Waals surface area contributed by atoms with E-state index in [1.54, 1.807) is 17.0 Å². The van der Waals surface area contributed by atoms with E-state index in [1.807, 2.05) is 19.1 Å². The first-order chi connectivity index (χ1) is 14.8. The molecule has 1 fully saturated rings. The molecule has 2 aromatic rings. The van der Waals surface area contributed by atoms with Crippen LogP contribution in [-0.2, 0) is 22.7 Å². The number of halogens is 1. The van der Waals surface area contributed by atoms with E-state index in [4.69, 9.17) is 11.6 Å². The van der Waals surface area contributed by atoms with Crippen molar-refractivity contribution in [2.24, 2.45) is 0 Å². The first-order valence-corrected chi connectivity index (χ1v) is 11.3. The lowest BCUT2D eigenvalue weighted by molar-refractivity contribution is -0.128. The summed E-state index contributed by atoms with van der Waals surface area (Å²) in [5.41, 5.74) is 2.39. The average molecular weight is 460 g/mol. The van der Waals surface area contributed by atoms with E-state index in [2.05, 4.69) is 10.6 Å². The maximum atomic E-state index is 12.9. The quantitative estimate of drug-likeness (QED) is 0.532. The number of nitrogens with one attached hydrogen (secondary N) is 2. The molecule has 0 spiro atoms. The summed E-state index contributed by atoms with van der Waals surface area (Å²) in [6.07, 6.45) is 1.48. The fourth-order valence-electron chi connectivity index (χ4n) is 3.91. The Morgan fingerprint density at radius 1 is 1.26 bits per heavy atom. The summed E-state index contributed by atoms with van der Waals surface area (Å²) in [5, 5.41) is 6.09. The largest absolute Gasteiger partial charge is 0.333 e. The molecule has 1 saturated carbocycles. The van der Waals surface area contributed by atoms with E-state index in [0.29, 0.717) is 41.4 Å². The number of urea groups is 1. The van der Waals surface area contributed by atoms with Gasteiger partial charge in [-0.3, -0.25) is 14.4 Å². The highest BCUT2D eigenvalue weighted by atomic mass is 35.5. The van der Waals surface area contributed by atoms with Gasteiger partial charge in [-0.1, -0.05) is 17.7 Å².